The first-order valence-corrected chi connectivity index (χ1v) is 10.8. The van der Waals surface area contributed by atoms with E-state index < -0.39 is 10.0 Å². The molecule has 3 N–H and O–H groups in total. The first kappa shape index (κ1) is 21.1. The van der Waals surface area contributed by atoms with Gasteiger partial charge in [0.25, 0.3) is 0 Å². The third-order valence-electron chi connectivity index (χ3n) is 4.78. The lowest BCUT2D eigenvalue weighted by Gasteiger charge is -2.24. The molecule has 1 aliphatic rings. The van der Waals surface area contributed by atoms with Crippen molar-refractivity contribution in [3.8, 4) is 11.5 Å². The Bertz CT molecular complexity index is 976. The molecular weight excluding hydrogens is 394 g/mol. The van der Waals surface area contributed by atoms with E-state index in [1.165, 1.54) is 12.1 Å². The van der Waals surface area contributed by atoms with E-state index in [2.05, 4.69) is 5.32 Å². The van der Waals surface area contributed by atoms with Crippen LogP contribution >= 0.6 is 0 Å². The third kappa shape index (κ3) is 5.47. The van der Waals surface area contributed by atoms with E-state index in [-0.39, 0.29) is 23.4 Å². The van der Waals surface area contributed by atoms with Gasteiger partial charge in [0.1, 0.15) is 0 Å². The van der Waals surface area contributed by atoms with E-state index in [1.807, 2.05) is 18.9 Å². The first-order valence-electron chi connectivity index (χ1n) is 9.26. The summed E-state index contributed by atoms with van der Waals surface area (Å²) in [6.07, 6.45) is 0.817. The van der Waals surface area contributed by atoms with Gasteiger partial charge in [-0.05, 0) is 43.8 Å². The van der Waals surface area contributed by atoms with Crippen LogP contribution < -0.4 is 19.9 Å². The van der Waals surface area contributed by atoms with Gasteiger partial charge in [0, 0.05) is 24.2 Å². The fourth-order valence-corrected chi connectivity index (χ4v) is 3.51. The van der Waals surface area contributed by atoms with Crippen molar-refractivity contribution in [3.63, 3.8) is 0 Å². The molecule has 9 heteroatoms. The molecule has 8 nitrogen and oxygen atoms in total. The molecule has 1 heterocycles. The van der Waals surface area contributed by atoms with E-state index in [1.54, 1.807) is 30.3 Å². The molecule has 0 radical (unpaired) electrons. The number of anilines is 1. The van der Waals surface area contributed by atoms with E-state index in [0.29, 0.717) is 30.4 Å². The van der Waals surface area contributed by atoms with E-state index in [9.17, 15) is 13.2 Å². The van der Waals surface area contributed by atoms with Gasteiger partial charge in [-0.3, -0.25) is 9.69 Å². The van der Waals surface area contributed by atoms with E-state index in [0.717, 1.165) is 12.0 Å². The molecular formula is C20H25N3O5S. The average molecular weight is 420 g/mol. The van der Waals surface area contributed by atoms with Gasteiger partial charge in [-0.25, -0.2) is 13.6 Å². The number of ether oxygens (including phenoxy) is 2. The van der Waals surface area contributed by atoms with Crippen LogP contribution in [-0.4, -0.2) is 46.0 Å². The number of hydrogen-bond acceptors (Lipinski definition) is 6. The molecule has 156 valence electrons. The second kappa shape index (κ2) is 8.81. The number of fused-ring (bicyclic) bond motifs is 1. The molecule has 0 aromatic heterocycles. The van der Waals surface area contributed by atoms with Crippen molar-refractivity contribution in [2.75, 3.05) is 32.1 Å². The molecule has 3 rings (SSSR count). The van der Waals surface area contributed by atoms with Gasteiger partial charge >= 0.3 is 0 Å². The summed E-state index contributed by atoms with van der Waals surface area (Å²) in [5.41, 5.74) is 1.51. The van der Waals surface area contributed by atoms with Crippen LogP contribution in [0.3, 0.4) is 0 Å². The van der Waals surface area contributed by atoms with Crippen LogP contribution in [0.15, 0.2) is 47.4 Å². The highest BCUT2D eigenvalue weighted by molar-refractivity contribution is 7.89. The lowest BCUT2D eigenvalue weighted by atomic mass is 10.1. The Kier molecular flexibility index (Phi) is 6.41. The van der Waals surface area contributed by atoms with Gasteiger partial charge in [0.05, 0.1) is 24.7 Å². The van der Waals surface area contributed by atoms with Crippen LogP contribution in [0.5, 0.6) is 11.5 Å². The Morgan fingerprint density at radius 2 is 1.79 bits per heavy atom. The Morgan fingerprint density at radius 1 is 1.14 bits per heavy atom. The van der Waals surface area contributed by atoms with Gasteiger partial charge in [-0.2, -0.15) is 0 Å². The van der Waals surface area contributed by atoms with Gasteiger partial charge in [-0.15, -0.1) is 0 Å². The number of primary sulfonamides is 1. The van der Waals surface area contributed by atoms with Gasteiger partial charge in [0.2, 0.25) is 15.9 Å². The van der Waals surface area contributed by atoms with Crippen LogP contribution in [0, 0.1) is 0 Å². The lowest BCUT2D eigenvalue weighted by Crippen LogP contribution is -2.32. The fraction of sp³-hybridized carbons (Fsp3) is 0.350. The summed E-state index contributed by atoms with van der Waals surface area (Å²) in [5, 5.41) is 7.99. The van der Waals surface area contributed by atoms with Crippen molar-refractivity contribution in [3.05, 3.63) is 48.0 Å². The zero-order valence-corrected chi connectivity index (χ0v) is 17.2. The summed E-state index contributed by atoms with van der Waals surface area (Å²) in [4.78, 5) is 14.4. The second-order valence-electron chi connectivity index (χ2n) is 6.97. The van der Waals surface area contributed by atoms with Crippen LogP contribution in [0.4, 0.5) is 5.69 Å². The van der Waals surface area contributed by atoms with Crippen LogP contribution in [0.2, 0.25) is 0 Å². The number of nitrogens with two attached hydrogens (primary N) is 1. The molecule has 1 unspecified atom stereocenters. The Morgan fingerprint density at radius 3 is 2.45 bits per heavy atom. The highest BCUT2D eigenvalue weighted by Crippen LogP contribution is 2.32. The van der Waals surface area contributed by atoms with Gasteiger partial charge < -0.3 is 14.8 Å². The highest BCUT2D eigenvalue weighted by Gasteiger charge is 2.17. The number of carbonyl (C=O) groups excluding carboxylic acids is 1. The summed E-state index contributed by atoms with van der Waals surface area (Å²) in [5.74, 6) is 1.13. The second-order valence-corrected chi connectivity index (χ2v) is 8.53. The maximum Gasteiger partial charge on any atom is 0.238 e. The Hall–Kier alpha value is -2.62. The minimum atomic E-state index is -3.72. The van der Waals surface area contributed by atoms with Crippen molar-refractivity contribution < 1.29 is 22.7 Å². The molecule has 1 atom stereocenters. The van der Waals surface area contributed by atoms with Crippen molar-refractivity contribution in [1.29, 1.82) is 0 Å². The molecule has 0 fully saturated rings. The van der Waals surface area contributed by atoms with E-state index in [4.69, 9.17) is 14.6 Å². The molecule has 0 bridgehead atoms. The summed E-state index contributed by atoms with van der Waals surface area (Å²) >= 11 is 0. The van der Waals surface area contributed by atoms with Crippen molar-refractivity contribution in [1.82, 2.24) is 4.90 Å². The number of likely N-dealkylation sites (N-methyl/N-ethyl adjacent to an activating group) is 1. The number of hydrogen-bond donors (Lipinski definition) is 2. The predicted octanol–water partition coefficient (Wildman–Crippen LogP) is 2.13. The number of nitrogens with zero attached hydrogens (tertiary/aromatic N) is 1. The fourth-order valence-electron chi connectivity index (χ4n) is 3.00. The van der Waals surface area contributed by atoms with E-state index >= 15 is 0 Å². The Labute approximate surface area is 170 Å². The van der Waals surface area contributed by atoms with Gasteiger partial charge in [-0.1, -0.05) is 12.1 Å². The molecule has 0 saturated heterocycles. The number of carbonyl (C=O) groups is 1. The number of nitrogens with one attached hydrogen (secondary N) is 1. The number of sulfonamides is 1. The van der Waals surface area contributed by atoms with Crippen molar-refractivity contribution >= 4 is 21.6 Å². The number of rotatable bonds is 6. The SMILES string of the molecule is CC(c1ccc(S(N)(=O)=O)cc1)N(C)CC(=O)Nc1ccc2c(c1)OCCCO2. The average Bonchev–Trinajstić information content (AvgIpc) is 2.91. The standard InChI is InChI=1S/C20H25N3O5S/c1-14(15-4-7-17(8-5-15)29(21,25)26)23(2)13-20(24)22-16-6-9-18-19(12-16)28-11-3-10-27-18/h4-9,12,14H,3,10-11,13H2,1-2H3,(H,22,24)(H2,21,25,26). The maximum atomic E-state index is 12.5. The summed E-state index contributed by atoms with van der Waals surface area (Å²) < 4.78 is 34.0. The predicted molar refractivity (Wildman–Crippen MR) is 110 cm³/mol. The molecule has 0 spiro atoms. The molecule has 29 heavy (non-hydrogen) atoms. The quantitative estimate of drug-likeness (QED) is 0.742. The number of amides is 1. The minimum Gasteiger partial charge on any atom is -0.490 e. The maximum absolute atomic E-state index is 12.5. The van der Waals surface area contributed by atoms with Crippen LogP contribution in [-0.2, 0) is 14.8 Å². The van der Waals surface area contributed by atoms with Crippen molar-refractivity contribution in [2.45, 2.75) is 24.3 Å². The highest BCUT2D eigenvalue weighted by atomic mass is 32.2. The topological polar surface area (TPSA) is 111 Å². The van der Waals surface area contributed by atoms with Gasteiger partial charge in [0.15, 0.2) is 11.5 Å². The molecule has 1 aliphatic heterocycles. The van der Waals surface area contributed by atoms with Crippen LogP contribution in [0.25, 0.3) is 0 Å². The molecule has 1 amide bonds. The summed E-state index contributed by atoms with van der Waals surface area (Å²) in [6.45, 7) is 3.29. The normalized spacial score (nSPS) is 14.9. The lowest BCUT2D eigenvalue weighted by molar-refractivity contribution is -0.117. The molecule has 2 aromatic carbocycles. The largest absolute Gasteiger partial charge is 0.490 e. The summed E-state index contributed by atoms with van der Waals surface area (Å²) in [7, 11) is -1.90. The molecule has 0 saturated carbocycles. The monoisotopic (exact) mass is 419 g/mol. The Balaban J connectivity index is 1.60. The zero-order chi connectivity index (χ0) is 21.0. The third-order valence-corrected chi connectivity index (χ3v) is 5.71. The first-order chi connectivity index (χ1) is 13.7. The number of benzene rings is 2. The minimum absolute atomic E-state index is 0.0586. The van der Waals surface area contributed by atoms with Crippen molar-refractivity contribution in [2.24, 2.45) is 5.14 Å². The zero-order valence-electron chi connectivity index (χ0n) is 16.4. The smallest absolute Gasteiger partial charge is 0.238 e. The molecule has 0 aliphatic carbocycles. The molecule has 2 aromatic rings. The summed E-state index contributed by atoms with van der Waals surface area (Å²) in [6, 6.07) is 11.6. The van der Waals surface area contributed by atoms with Crippen LogP contribution in [0.1, 0.15) is 24.9 Å².